The molecule has 0 bridgehead atoms. The van der Waals surface area contributed by atoms with Crippen molar-refractivity contribution in [2.45, 2.75) is 59.0 Å². The van der Waals surface area contributed by atoms with Crippen LogP contribution in [0.15, 0.2) is 48.5 Å². The summed E-state index contributed by atoms with van der Waals surface area (Å²) < 4.78 is 19.1. The van der Waals surface area contributed by atoms with E-state index in [1.807, 2.05) is 34.1 Å². The number of piperidine rings is 1. The van der Waals surface area contributed by atoms with E-state index in [0.29, 0.717) is 45.0 Å². The monoisotopic (exact) mass is 454 g/mol. The molecule has 0 atom stereocenters. The topological polar surface area (TPSA) is 49.9 Å². The minimum atomic E-state index is -0.285. The SMILES string of the molecule is CC(=O)N1CCC(N(Cc2ccc(F)cc2)C(=O)CCc2ccc(OCC(C)C)cc2)CC1. The van der Waals surface area contributed by atoms with E-state index in [0.717, 1.165) is 29.7 Å². The highest BCUT2D eigenvalue weighted by molar-refractivity contribution is 5.77. The molecule has 1 aliphatic heterocycles. The Bertz CT molecular complexity index is 904. The summed E-state index contributed by atoms with van der Waals surface area (Å²) in [5.41, 5.74) is 2.00. The number of nitrogens with zero attached hydrogens (tertiary/aromatic N) is 2. The third-order valence-corrected chi connectivity index (χ3v) is 6.07. The molecule has 0 aliphatic carbocycles. The van der Waals surface area contributed by atoms with Gasteiger partial charge in [-0.25, -0.2) is 4.39 Å². The lowest BCUT2D eigenvalue weighted by molar-refractivity contribution is -0.136. The van der Waals surface area contributed by atoms with Crippen LogP contribution >= 0.6 is 0 Å². The Morgan fingerprint density at radius 2 is 1.64 bits per heavy atom. The summed E-state index contributed by atoms with van der Waals surface area (Å²) in [7, 11) is 0. The predicted octanol–water partition coefficient (Wildman–Crippen LogP) is 4.83. The van der Waals surface area contributed by atoms with Crippen LogP contribution in [-0.4, -0.2) is 47.4 Å². The fourth-order valence-corrected chi connectivity index (χ4v) is 4.11. The van der Waals surface area contributed by atoms with Gasteiger partial charge in [0.1, 0.15) is 11.6 Å². The van der Waals surface area contributed by atoms with E-state index in [-0.39, 0.29) is 23.7 Å². The average molecular weight is 455 g/mol. The second-order valence-corrected chi connectivity index (χ2v) is 9.23. The summed E-state index contributed by atoms with van der Waals surface area (Å²) in [6, 6.07) is 14.3. The molecule has 5 nitrogen and oxygen atoms in total. The molecular weight excluding hydrogens is 419 g/mol. The maximum absolute atomic E-state index is 13.4. The summed E-state index contributed by atoms with van der Waals surface area (Å²) >= 11 is 0. The van der Waals surface area contributed by atoms with Gasteiger partial charge in [0, 0.05) is 39.0 Å². The van der Waals surface area contributed by atoms with Crippen molar-refractivity contribution in [2.24, 2.45) is 5.92 Å². The molecule has 1 aliphatic rings. The number of benzene rings is 2. The van der Waals surface area contributed by atoms with E-state index in [4.69, 9.17) is 4.74 Å². The number of carbonyl (C=O) groups is 2. The van der Waals surface area contributed by atoms with Crippen LogP contribution in [0.1, 0.15) is 51.2 Å². The van der Waals surface area contributed by atoms with Gasteiger partial charge in [-0.1, -0.05) is 38.1 Å². The summed E-state index contributed by atoms with van der Waals surface area (Å²) in [6.45, 7) is 8.25. The molecule has 0 unspecified atom stereocenters. The van der Waals surface area contributed by atoms with Gasteiger partial charge in [-0.05, 0) is 60.6 Å². The second kappa shape index (κ2) is 11.8. The lowest BCUT2D eigenvalue weighted by Crippen LogP contribution is -2.48. The van der Waals surface area contributed by atoms with E-state index in [2.05, 4.69) is 13.8 Å². The minimum Gasteiger partial charge on any atom is -0.493 e. The molecule has 0 aromatic heterocycles. The van der Waals surface area contributed by atoms with Crippen molar-refractivity contribution in [3.05, 3.63) is 65.5 Å². The Balaban J connectivity index is 1.63. The largest absolute Gasteiger partial charge is 0.493 e. The first-order valence-corrected chi connectivity index (χ1v) is 11.8. The zero-order valence-electron chi connectivity index (χ0n) is 19.9. The normalized spacial score (nSPS) is 14.4. The van der Waals surface area contributed by atoms with Gasteiger partial charge >= 0.3 is 0 Å². The first-order chi connectivity index (χ1) is 15.8. The van der Waals surface area contributed by atoms with E-state index in [1.165, 1.54) is 12.1 Å². The first-order valence-electron chi connectivity index (χ1n) is 11.8. The number of halogens is 1. The quantitative estimate of drug-likeness (QED) is 0.545. The number of amides is 2. The van der Waals surface area contributed by atoms with Gasteiger partial charge in [-0.15, -0.1) is 0 Å². The fraction of sp³-hybridized carbons (Fsp3) is 0.481. The Morgan fingerprint density at radius 1 is 1.03 bits per heavy atom. The predicted molar refractivity (Wildman–Crippen MR) is 127 cm³/mol. The number of aryl methyl sites for hydroxylation is 1. The average Bonchev–Trinajstić information content (AvgIpc) is 2.81. The number of ether oxygens (including phenoxy) is 1. The number of hydrogen-bond acceptors (Lipinski definition) is 3. The van der Waals surface area contributed by atoms with Gasteiger partial charge in [0.15, 0.2) is 0 Å². The summed E-state index contributed by atoms with van der Waals surface area (Å²) in [5.74, 6) is 1.18. The Morgan fingerprint density at radius 3 is 2.21 bits per heavy atom. The standard InChI is InChI=1S/C27H35FN2O3/c1-20(2)19-33-26-11-6-22(7-12-26)8-13-27(32)30(18-23-4-9-24(28)10-5-23)25-14-16-29(17-15-25)21(3)31/h4-7,9-12,20,25H,8,13-19H2,1-3H3. The molecule has 178 valence electrons. The molecular formula is C27H35FN2O3. The van der Waals surface area contributed by atoms with Gasteiger partial charge in [0.25, 0.3) is 0 Å². The fourth-order valence-electron chi connectivity index (χ4n) is 4.11. The Labute approximate surface area is 196 Å². The van der Waals surface area contributed by atoms with Crippen molar-refractivity contribution >= 4 is 11.8 Å². The highest BCUT2D eigenvalue weighted by Gasteiger charge is 2.28. The second-order valence-electron chi connectivity index (χ2n) is 9.23. The van der Waals surface area contributed by atoms with Crippen molar-refractivity contribution < 1.29 is 18.7 Å². The third kappa shape index (κ3) is 7.58. The molecule has 1 heterocycles. The summed E-state index contributed by atoms with van der Waals surface area (Å²) in [5, 5.41) is 0. The Hall–Kier alpha value is -2.89. The lowest BCUT2D eigenvalue weighted by Gasteiger charge is -2.38. The molecule has 3 rings (SSSR count). The molecule has 6 heteroatoms. The van der Waals surface area contributed by atoms with Crippen LogP contribution in [0, 0.1) is 11.7 Å². The third-order valence-electron chi connectivity index (χ3n) is 6.07. The molecule has 1 fully saturated rings. The smallest absolute Gasteiger partial charge is 0.223 e. The molecule has 33 heavy (non-hydrogen) atoms. The summed E-state index contributed by atoms with van der Waals surface area (Å²) in [6.07, 6.45) is 2.57. The van der Waals surface area contributed by atoms with Crippen molar-refractivity contribution in [2.75, 3.05) is 19.7 Å². The molecule has 2 aromatic carbocycles. The van der Waals surface area contributed by atoms with Crippen LogP contribution < -0.4 is 4.74 Å². The van der Waals surface area contributed by atoms with Gasteiger partial charge < -0.3 is 14.5 Å². The van der Waals surface area contributed by atoms with Crippen LogP contribution in [0.3, 0.4) is 0 Å². The van der Waals surface area contributed by atoms with Crippen LogP contribution in [0.4, 0.5) is 4.39 Å². The highest BCUT2D eigenvalue weighted by Crippen LogP contribution is 2.22. The van der Waals surface area contributed by atoms with E-state index in [9.17, 15) is 14.0 Å². The van der Waals surface area contributed by atoms with Crippen LogP contribution in [0.2, 0.25) is 0 Å². The van der Waals surface area contributed by atoms with E-state index in [1.54, 1.807) is 19.1 Å². The van der Waals surface area contributed by atoms with Crippen molar-refractivity contribution in [1.29, 1.82) is 0 Å². The van der Waals surface area contributed by atoms with Gasteiger partial charge in [0.2, 0.25) is 11.8 Å². The van der Waals surface area contributed by atoms with Gasteiger partial charge in [0.05, 0.1) is 6.61 Å². The molecule has 0 N–H and O–H groups in total. The Kier molecular flexibility index (Phi) is 8.87. The molecule has 2 aromatic rings. The summed E-state index contributed by atoms with van der Waals surface area (Å²) in [4.78, 5) is 28.7. The molecule has 1 saturated heterocycles. The van der Waals surface area contributed by atoms with Crippen LogP contribution in [0.25, 0.3) is 0 Å². The molecule has 0 radical (unpaired) electrons. The van der Waals surface area contributed by atoms with Gasteiger partial charge in [-0.2, -0.15) is 0 Å². The molecule has 2 amide bonds. The molecule has 0 spiro atoms. The van der Waals surface area contributed by atoms with Gasteiger partial charge in [-0.3, -0.25) is 9.59 Å². The highest BCUT2D eigenvalue weighted by atomic mass is 19.1. The maximum Gasteiger partial charge on any atom is 0.223 e. The molecule has 0 saturated carbocycles. The van der Waals surface area contributed by atoms with Crippen molar-refractivity contribution in [3.8, 4) is 5.75 Å². The zero-order valence-corrected chi connectivity index (χ0v) is 19.9. The van der Waals surface area contributed by atoms with Crippen molar-refractivity contribution in [3.63, 3.8) is 0 Å². The van der Waals surface area contributed by atoms with Crippen LogP contribution in [-0.2, 0) is 22.6 Å². The maximum atomic E-state index is 13.4. The van der Waals surface area contributed by atoms with Crippen molar-refractivity contribution in [1.82, 2.24) is 9.80 Å². The minimum absolute atomic E-state index is 0.0740. The van der Waals surface area contributed by atoms with E-state index >= 15 is 0 Å². The van der Waals surface area contributed by atoms with E-state index < -0.39 is 0 Å². The number of rotatable bonds is 9. The first kappa shape index (κ1) is 24.7. The number of likely N-dealkylation sites (tertiary alicyclic amines) is 1. The number of carbonyl (C=O) groups excluding carboxylic acids is 2. The van der Waals surface area contributed by atoms with Crippen LogP contribution in [0.5, 0.6) is 5.75 Å². The number of hydrogen-bond donors (Lipinski definition) is 0. The zero-order chi connectivity index (χ0) is 23.8. The lowest BCUT2D eigenvalue weighted by atomic mass is 10.0.